The van der Waals surface area contributed by atoms with Crippen molar-refractivity contribution in [2.24, 2.45) is 0 Å². The lowest BCUT2D eigenvalue weighted by atomic mass is 10.1. The maximum atomic E-state index is 10.1. The van der Waals surface area contributed by atoms with E-state index in [9.17, 15) is 10.2 Å². The molecule has 0 bridgehead atoms. The van der Waals surface area contributed by atoms with Gasteiger partial charge < -0.3 is 10.2 Å². The van der Waals surface area contributed by atoms with Crippen molar-refractivity contribution >= 4 is 0 Å². The first-order valence-electron chi connectivity index (χ1n) is 7.12. The zero-order valence-corrected chi connectivity index (χ0v) is 12.5. The number of phenols is 2. The third-order valence-electron chi connectivity index (χ3n) is 3.73. The highest BCUT2D eigenvalue weighted by atomic mass is 16.3. The van der Waals surface area contributed by atoms with Gasteiger partial charge in [0, 0.05) is 11.8 Å². The summed E-state index contributed by atoms with van der Waals surface area (Å²) < 4.78 is 1.81. The van der Waals surface area contributed by atoms with E-state index < -0.39 is 0 Å². The number of phenolic OH excluding ortho intramolecular Hbond substituents is 2. The van der Waals surface area contributed by atoms with Gasteiger partial charge in [0.1, 0.15) is 17.8 Å². The highest BCUT2D eigenvalue weighted by molar-refractivity contribution is 5.68. The van der Waals surface area contributed by atoms with Gasteiger partial charge in [0.15, 0.2) is 5.82 Å². The number of rotatable bonds is 3. The van der Waals surface area contributed by atoms with Gasteiger partial charge in [-0.3, -0.25) is 4.57 Å². The summed E-state index contributed by atoms with van der Waals surface area (Å²) in [4.78, 5) is 0. The maximum Gasteiger partial charge on any atom is 0.172 e. The molecule has 0 spiro atoms. The van der Waals surface area contributed by atoms with Crippen molar-refractivity contribution in [1.29, 1.82) is 0 Å². The fourth-order valence-electron chi connectivity index (χ4n) is 2.36. The number of aryl methyl sites for hydroxylation is 2. The molecule has 0 amide bonds. The van der Waals surface area contributed by atoms with Gasteiger partial charge in [0.05, 0.1) is 5.56 Å². The van der Waals surface area contributed by atoms with Crippen LogP contribution in [-0.2, 0) is 6.42 Å². The zero-order valence-electron chi connectivity index (χ0n) is 12.5. The van der Waals surface area contributed by atoms with Crippen molar-refractivity contribution in [3.05, 3.63) is 53.9 Å². The Balaban J connectivity index is 2.10. The number of nitrogens with zero attached hydrogens (tertiary/aromatic N) is 3. The summed E-state index contributed by atoms with van der Waals surface area (Å²) in [5.41, 5.74) is 3.38. The Labute approximate surface area is 128 Å². The van der Waals surface area contributed by atoms with E-state index in [2.05, 4.69) is 29.3 Å². The third kappa shape index (κ3) is 2.41. The Bertz CT molecular complexity index is 807. The lowest BCUT2D eigenvalue weighted by Gasteiger charge is -2.10. The summed E-state index contributed by atoms with van der Waals surface area (Å²) in [6.07, 6.45) is 2.59. The molecular weight excluding hydrogens is 278 g/mol. The molecule has 2 N–H and O–H groups in total. The van der Waals surface area contributed by atoms with Crippen LogP contribution in [0.25, 0.3) is 17.1 Å². The number of hydrogen-bond donors (Lipinski definition) is 2. The van der Waals surface area contributed by atoms with E-state index in [1.165, 1.54) is 11.6 Å². The predicted molar refractivity (Wildman–Crippen MR) is 84.2 cm³/mol. The van der Waals surface area contributed by atoms with Crippen molar-refractivity contribution < 1.29 is 10.2 Å². The third-order valence-corrected chi connectivity index (χ3v) is 3.73. The molecule has 0 aliphatic heterocycles. The van der Waals surface area contributed by atoms with E-state index in [1.807, 2.05) is 16.7 Å². The highest BCUT2D eigenvalue weighted by Gasteiger charge is 2.15. The molecule has 0 aliphatic rings. The van der Waals surface area contributed by atoms with Crippen LogP contribution in [0, 0.1) is 6.92 Å². The van der Waals surface area contributed by atoms with E-state index in [1.54, 1.807) is 19.3 Å². The fourth-order valence-corrected chi connectivity index (χ4v) is 2.36. The predicted octanol–water partition coefficient (Wildman–Crippen LogP) is 3.22. The average molecular weight is 295 g/mol. The molecule has 0 unspecified atom stereocenters. The zero-order chi connectivity index (χ0) is 15.7. The first-order valence-corrected chi connectivity index (χ1v) is 7.12. The van der Waals surface area contributed by atoms with Crippen LogP contribution in [0.1, 0.15) is 18.1 Å². The van der Waals surface area contributed by atoms with E-state index in [0.29, 0.717) is 17.0 Å². The van der Waals surface area contributed by atoms with Crippen LogP contribution in [-0.4, -0.2) is 25.0 Å². The summed E-state index contributed by atoms with van der Waals surface area (Å²) in [6, 6.07) is 11.1. The van der Waals surface area contributed by atoms with Crippen molar-refractivity contribution in [1.82, 2.24) is 14.8 Å². The molecule has 0 aliphatic carbocycles. The average Bonchev–Trinajstić information content (AvgIpc) is 3.00. The smallest absolute Gasteiger partial charge is 0.172 e. The van der Waals surface area contributed by atoms with Crippen molar-refractivity contribution in [2.75, 3.05) is 0 Å². The molecule has 1 aromatic heterocycles. The Morgan fingerprint density at radius 1 is 1.05 bits per heavy atom. The van der Waals surface area contributed by atoms with Crippen molar-refractivity contribution in [3.8, 4) is 28.6 Å². The summed E-state index contributed by atoms with van der Waals surface area (Å²) in [7, 11) is 0. The molecule has 22 heavy (non-hydrogen) atoms. The van der Waals surface area contributed by atoms with Gasteiger partial charge in [-0.05, 0) is 42.7 Å². The van der Waals surface area contributed by atoms with Gasteiger partial charge >= 0.3 is 0 Å². The van der Waals surface area contributed by atoms with Crippen LogP contribution in [0.3, 0.4) is 0 Å². The molecule has 5 heteroatoms. The van der Waals surface area contributed by atoms with E-state index >= 15 is 0 Å². The molecule has 5 nitrogen and oxygen atoms in total. The van der Waals surface area contributed by atoms with Crippen LogP contribution >= 0.6 is 0 Å². The Hall–Kier alpha value is -2.82. The van der Waals surface area contributed by atoms with Crippen LogP contribution in [0.15, 0.2) is 42.7 Å². The molecular formula is C17H17N3O2. The highest BCUT2D eigenvalue weighted by Crippen LogP contribution is 2.34. The lowest BCUT2D eigenvalue weighted by Crippen LogP contribution is -1.97. The van der Waals surface area contributed by atoms with Gasteiger partial charge in [0.25, 0.3) is 0 Å². The summed E-state index contributed by atoms with van der Waals surface area (Å²) >= 11 is 0. The first kappa shape index (κ1) is 14.1. The first-order chi connectivity index (χ1) is 10.6. The summed E-state index contributed by atoms with van der Waals surface area (Å²) in [5.74, 6) is 0.562. The van der Waals surface area contributed by atoms with Crippen molar-refractivity contribution in [3.63, 3.8) is 0 Å². The fraction of sp³-hybridized carbons (Fsp3) is 0.176. The van der Waals surface area contributed by atoms with Crippen LogP contribution < -0.4 is 0 Å². The van der Waals surface area contributed by atoms with E-state index in [-0.39, 0.29) is 11.5 Å². The van der Waals surface area contributed by atoms with Crippen molar-refractivity contribution in [2.45, 2.75) is 20.3 Å². The summed E-state index contributed by atoms with van der Waals surface area (Å²) in [6.45, 7) is 3.88. The van der Waals surface area contributed by atoms with E-state index in [4.69, 9.17) is 0 Å². The standard InChI is InChI=1S/C17H17N3O2/c1-3-12-4-6-13(7-5-12)20-10-18-19-17(20)14-8-11(2)15(21)9-16(14)22/h4-10,21-22H,3H2,1-2H3. The molecule has 0 fully saturated rings. The quantitative estimate of drug-likeness (QED) is 0.778. The normalized spacial score (nSPS) is 10.8. The van der Waals surface area contributed by atoms with Gasteiger partial charge in [0.2, 0.25) is 0 Å². The van der Waals surface area contributed by atoms with Gasteiger partial charge in [-0.25, -0.2) is 0 Å². The maximum absolute atomic E-state index is 10.1. The topological polar surface area (TPSA) is 71.2 Å². The van der Waals surface area contributed by atoms with Gasteiger partial charge in [-0.2, -0.15) is 0 Å². The second-order valence-electron chi connectivity index (χ2n) is 5.20. The van der Waals surface area contributed by atoms with Crippen LogP contribution in [0.4, 0.5) is 0 Å². The summed E-state index contributed by atoms with van der Waals surface area (Å²) in [5, 5.41) is 27.8. The van der Waals surface area contributed by atoms with Gasteiger partial charge in [-0.1, -0.05) is 19.1 Å². The van der Waals surface area contributed by atoms with Crippen LogP contribution in [0.2, 0.25) is 0 Å². The van der Waals surface area contributed by atoms with Gasteiger partial charge in [-0.15, -0.1) is 10.2 Å². The largest absolute Gasteiger partial charge is 0.508 e. The molecule has 0 saturated heterocycles. The number of aromatic hydroxyl groups is 2. The minimum absolute atomic E-state index is 0.0254. The Morgan fingerprint density at radius 3 is 2.45 bits per heavy atom. The molecule has 3 rings (SSSR count). The Morgan fingerprint density at radius 2 is 1.77 bits per heavy atom. The monoisotopic (exact) mass is 295 g/mol. The number of hydrogen-bond acceptors (Lipinski definition) is 4. The minimum Gasteiger partial charge on any atom is -0.508 e. The lowest BCUT2D eigenvalue weighted by molar-refractivity contribution is 0.449. The Kier molecular flexibility index (Phi) is 3.55. The second kappa shape index (κ2) is 5.52. The molecule has 0 atom stereocenters. The van der Waals surface area contributed by atoms with E-state index in [0.717, 1.165) is 12.1 Å². The molecule has 112 valence electrons. The van der Waals surface area contributed by atoms with Crippen LogP contribution in [0.5, 0.6) is 11.5 Å². The number of benzene rings is 2. The SMILES string of the molecule is CCc1ccc(-n2cnnc2-c2cc(C)c(O)cc2O)cc1. The molecule has 2 aromatic carbocycles. The number of aromatic nitrogens is 3. The molecule has 0 radical (unpaired) electrons. The second-order valence-corrected chi connectivity index (χ2v) is 5.20. The molecule has 3 aromatic rings. The molecule has 0 saturated carbocycles. The molecule has 1 heterocycles. The minimum atomic E-state index is -0.0254.